The van der Waals surface area contributed by atoms with E-state index >= 15 is 0 Å². The van der Waals surface area contributed by atoms with Crippen molar-refractivity contribution in [3.05, 3.63) is 11.0 Å². The summed E-state index contributed by atoms with van der Waals surface area (Å²) >= 11 is 0. The fourth-order valence-electron chi connectivity index (χ4n) is 0.355. The van der Waals surface area contributed by atoms with Crippen molar-refractivity contribution >= 4 is 17.2 Å². The van der Waals surface area contributed by atoms with E-state index in [4.69, 9.17) is 0 Å². The average molecular weight is 115 g/mol. The molecule has 0 saturated heterocycles. The van der Waals surface area contributed by atoms with Crippen molar-refractivity contribution in [2.75, 3.05) is 0 Å². The Labute approximate surface area is 44.5 Å². The highest BCUT2D eigenvalue weighted by Crippen LogP contribution is 2.00. The smallest absolute Gasteiger partial charge is 0.165 e. The van der Waals surface area contributed by atoms with Crippen LogP contribution in [0.1, 0.15) is 6.92 Å². The summed E-state index contributed by atoms with van der Waals surface area (Å²) < 4.78 is 13.9. The molecule has 1 atom stereocenters. The minimum Gasteiger partial charge on any atom is -0.230 e. The summed E-state index contributed by atoms with van der Waals surface area (Å²) in [5, 5.41) is 1.61. The molecule has 0 spiro atoms. The van der Waals surface area contributed by atoms with Crippen LogP contribution in [0.4, 0.5) is 0 Å². The Morgan fingerprint density at radius 2 is 2.57 bits per heavy atom. The number of rotatable bonds is 0. The first-order valence-electron chi connectivity index (χ1n) is 1.92. The third-order valence-corrected chi connectivity index (χ3v) is 1.53. The SMILES string of the molecule is CC1=CS(=O)N=C1. The van der Waals surface area contributed by atoms with E-state index < -0.39 is 11.0 Å². The lowest BCUT2D eigenvalue weighted by Gasteiger charge is -1.69. The van der Waals surface area contributed by atoms with E-state index in [1.807, 2.05) is 6.92 Å². The fraction of sp³-hybridized carbons (Fsp3) is 0.250. The maximum absolute atomic E-state index is 10.3. The van der Waals surface area contributed by atoms with Gasteiger partial charge in [-0.25, -0.2) is 4.21 Å². The zero-order valence-corrected chi connectivity index (χ0v) is 4.73. The highest BCUT2D eigenvalue weighted by Gasteiger charge is 1.96. The van der Waals surface area contributed by atoms with Gasteiger partial charge < -0.3 is 0 Å². The lowest BCUT2D eigenvalue weighted by atomic mass is 10.4. The third-order valence-electron chi connectivity index (χ3n) is 0.647. The summed E-state index contributed by atoms with van der Waals surface area (Å²) in [4.78, 5) is 0. The highest BCUT2D eigenvalue weighted by molar-refractivity contribution is 7.87. The van der Waals surface area contributed by atoms with Crippen LogP contribution in [0.5, 0.6) is 0 Å². The van der Waals surface area contributed by atoms with E-state index in [2.05, 4.69) is 4.40 Å². The maximum atomic E-state index is 10.3. The van der Waals surface area contributed by atoms with Crippen LogP contribution in [-0.4, -0.2) is 10.4 Å². The predicted molar refractivity (Wildman–Crippen MR) is 30.4 cm³/mol. The highest BCUT2D eigenvalue weighted by atomic mass is 32.2. The molecule has 0 bridgehead atoms. The van der Waals surface area contributed by atoms with Crippen LogP contribution >= 0.6 is 0 Å². The van der Waals surface area contributed by atoms with Crippen LogP contribution < -0.4 is 0 Å². The summed E-state index contributed by atoms with van der Waals surface area (Å²) in [5.41, 5.74) is 0.985. The molecule has 0 aromatic rings. The Morgan fingerprint density at radius 1 is 1.86 bits per heavy atom. The standard InChI is InChI=1S/C4H5NOS/c1-4-2-5-7(6)3-4/h2-3H,1H3. The maximum Gasteiger partial charge on any atom is 0.165 e. The molecule has 1 aliphatic rings. The molecule has 0 fully saturated rings. The number of nitrogens with zero attached hydrogens (tertiary/aromatic N) is 1. The zero-order chi connectivity index (χ0) is 5.28. The summed E-state index contributed by atoms with van der Waals surface area (Å²) in [6.07, 6.45) is 1.61. The minimum absolute atomic E-state index is 0.985. The molecular weight excluding hydrogens is 110 g/mol. The van der Waals surface area contributed by atoms with E-state index in [1.54, 1.807) is 11.6 Å². The molecule has 0 aromatic heterocycles. The molecule has 2 nitrogen and oxygen atoms in total. The van der Waals surface area contributed by atoms with Gasteiger partial charge in [-0.1, -0.05) is 0 Å². The molecule has 0 N–H and O–H groups in total. The van der Waals surface area contributed by atoms with Crippen molar-refractivity contribution in [1.82, 2.24) is 0 Å². The largest absolute Gasteiger partial charge is 0.230 e. The second kappa shape index (κ2) is 1.58. The van der Waals surface area contributed by atoms with Crippen LogP contribution in [0.3, 0.4) is 0 Å². The van der Waals surface area contributed by atoms with E-state index in [0.29, 0.717) is 0 Å². The van der Waals surface area contributed by atoms with Gasteiger partial charge >= 0.3 is 0 Å². The van der Waals surface area contributed by atoms with E-state index in [-0.39, 0.29) is 0 Å². The normalized spacial score (nSPS) is 28.1. The van der Waals surface area contributed by atoms with Crippen molar-refractivity contribution in [3.8, 4) is 0 Å². The summed E-state index contributed by atoms with van der Waals surface area (Å²) in [5.74, 6) is 0. The Bertz CT molecular complexity index is 159. The number of allylic oxidation sites excluding steroid dienone is 1. The van der Waals surface area contributed by atoms with E-state index in [0.717, 1.165) is 5.57 Å². The van der Waals surface area contributed by atoms with Gasteiger partial charge in [0.25, 0.3) is 0 Å². The van der Waals surface area contributed by atoms with Gasteiger partial charge in [-0.05, 0) is 12.5 Å². The summed E-state index contributed by atoms with van der Waals surface area (Å²) in [6.45, 7) is 1.87. The van der Waals surface area contributed by atoms with Gasteiger partial charge in [-0.2, -0.15) is 4.40 Å². The van der Waals surface area contributed by atoms with E-state index in [1.165, 1.54) is 0 Å². The van der Waals surface area contributed by atoms with Crippen molar-refractivity contribution in [2.45, 2.75) is 6.92 Å². The predicted octanol–water partition coefficient (Wildman–Crippen LogP) is 0.638. The molecule has 1 heterocycles. The molecule has 1 rings (SSSR count). The van der Waals surface area contributed by atoms with Crippen LogP contribution in [0, 0.1) is 0 Å². The molecule has 0 aliphatic carbocycles. The first-order valence-corrected chi connectivity index (χ1v) is 3.09. The summed E-state index contributed by atoms with van der Waals surface area (Å²) in [6, 6.07) is 0. The third kappa shape index (κ3) is 0.962. The molecule has 3 heteroatoms. The van der Waals surface area contributed by atoms with Gasteiger partial charge in [0, 0.05) is 11.6 Å². The van der Waals surface area contributed by atoms with Gasteiger partial charge in [0.05, 0.1) is 0 Å². The van der Waals surface area contributed by atoms with Crippen LogP contribution in [0.25, 0.3) is 0 Å². The lowest BCUT2D eigenvalue weighted by Crippen LogP contribution is -1.65. The van der Waals surface area contributed by atoms with Crippen molar-refractivity contribution in [1.29, 1.82) is 0 Å². The van der Waals surface area contributed by atoms with Crippen molar-refractivity contribution < 1.29 is 4.21 Å². The lowest BCUT2D eigenvalue weighted by molar-refractivity contribution is 0.690. The van der Waals surface area contributed by atoms with Crippen molar-refractivity contribution in [3.63, 3.8) is 0 Å². The first kappa shape index (κ1) is 4.71. The van der Waals surface area contributed by atoms with Crippen LogP contribution in [0.15, 0.2) is 15.4 Å². The zero-order valence-electron chi connectivity index (χ0n) is 3.92. The number of hydrogen-bond donors (Lipinski definition) is 0. The van der Waals surface area contributed by atoms with Crippen molar-refractivity contribution in [2.24, 2.45) is 4.40 Å². The fourth-order valence-corrected chi connectivity index (χ4v) is 1.06. The Morgan fingerprint density at radius 3 is 2.71 bits per heavy atom. The molecule has 0 aromatic carbocycles. The Hall–Kier alpha value is -0.440. The molecular formula is C4H5NOS. The molecule has 38 valence electrons. The average Bonchev–Trinajstić information content (AvgIpc) is 1.87. The van der Waals surface area contributed by atoms with Gasteiger partial charge in [0.2, 0.25) is 0 Å². The topological polar surface area (TPSA) is 29.4 Å². The summed E-state index contributed by atoms with van der Waals surface area (Å²) in [7, 11) is -1.05. The second-order valence-corrected chi connectivity index (χ2v) is 2.37. The van der Waals surface area contributed by atoms with E-state index in [9.17, 15) is 4.21 Å². The Kier molecular flexibility index (Phi) is 1.06. The minimum atomic E-state index is -1.05. The quantitative estimate of drug-likeness (QED) is 0.455. The number of hydrogen-bond acceptors (Lipinski definition) is 1. The van der Waals surface area contributed by atoms with Gasteiger partial charge in [-0.3, -0.25) is 0 Å². The van der Waals surface area contributed by atoms with Crippen LogP contribution in [0.2, 0.25) is 0 Å². The van der Waals surface area contributed by atoms with Gasteiger partial charge in [0.1, 0.15) is 0 Å². The molecule has 0 amide bonds. The second-order valence-electron chi connectivity index (χ2n) is 1.37. The molecule has 1 aliphatic heterocycles. The molecule has 0 saturated carbocycles. The van der Waals surface area contributed by atoms with Gasteiger partial charge in [-0.15, -0.1) is 0 Å². The molecule has 1 unspecified atom stereocenters. The Balaban J connectivity index is 2.88. The molecule has 7 heavy (non-hydrogen) atoms. The van der Waals surface area contributed by atoms with Crippen LogP contribution in [-0.2, 0) is 11.0 Å². The first-order chi connectivity index (χ1) is 3.29. The van der Waals surface area contributed by atoms with Gasteiger partial charge in [0.15, 0.2) is 11.0 Å². The molecule has 0 radical (unpaired) electrons. The monoisotopic (exact) mass is 115 g/mol.